The van der Waals surface area contributed by atoms with Crippen molar-refractivity contribution < 1.29 is 4.79 Å². The fourth-order valence-electron chi connectivity index (χ4n) is 1.71. The number of aryl methyl sites for hydroxylation is 1. The van der Waals surface area contributed by atoms with E-state index < -0.39 is 0 Å². The van der Waals surface area contributed by atoms with Crippen molar-refractivity contribution in [3.8, 4) is 0 Å². The summed E-state index contributed by atoms with van der Waals surface area (Å²) in [4.78, 5) is 23.4. The molecule has 1 aromatic heterocycles. The minimum Gasteiger partial charge on any atom is -0.351 e. The van der Waals surface area contributed by atoms with E-state index in [1.807, 2.05) is 0 Å². The Morgan fingerprint density at radius 2 is 1.95 bits per heavy atom. The molecule has 0 saturated heterocycles. The van der Waals surface area contributed by atoms with Gasteiger partial charge in [0, 0.05) is 19.2 Å². The highest BCUT2D eigenvalue weighted by Gasteiger charge is 2.08. The number of carbonyl (C=O) groups is 1. The first kappa shape index (κ1) is 15.4. The number of nitrogens with zero attached hydrogens (tertiary/aromatic N) is 2. The van der Waals surface area contributed by atoms with Crippen molar-refractivity contribution >= 4 is 5.91 Å². The third-order valence-corrected chi connectivity index (χ3v) is 2.89. The Balaban J connectivity index is 2.61. The van der Waals surface area contributed by atoms with Gasteiger partial charge in [0.15, 0.2) is 0 Å². The number of hydrogen-bond acceptors (Lipinski definition) is 3. The van der Waals surface area contributed by atoms with Crippen LogP contribution in [0.3, 0.4) is 0 Å². The molecular formula is C14H23N3O2. The van der Waals surface area contributed by atoms with Crippen LogP contribution < -0.4 is 10.9 Å². The molecule has 1 amide bonds. The maximum Gasteiger partial charge on any atom is 0.271 e. The van der Waals surface area contributed by atoms with Crippen LogP contribution in [-0.2, 0) is 6.54 Å². The summed E-state index contributed by atoms with van der Waals surface area (Å²) in [6, 6.07) is 2.89. The predicted molar refractivity (Wildman–Crippen MR) is 75.3 cm³/mol. The first-order valence-corrected chi connectivity index (χ1v) is 7.05. The van der Waals surface area contributed by atoms with Crippen LogP contribution in [0.2, 0.25) is 0 Å². The normalized spacial score (nSPS) is 10.4. The fourth-order valence-corrected chi connectivity index (χ4v) is 1.71. The largest absolute Gasteiger partial charge is 0.351 e. The lowest BCUT2D eigenvalue weighted by Crippen LogP contribution is -2.30. The molecule has 0 saturated carbocycles. The second-order valence-corrected chi connectivity index (χ2v) is 4.60. The average molecular weight is 265 g/mol. The molecule has 0 aliphatic rings. The van der Waals surface area contributed by atoms with E-state index in [0.717, 1.165) is 32.1 Å². The summed E-state index contributed by atoms with van der Waals surface area (Å²) in [7, 11) is 0. The van der Waals surface area contributed by atoms with Crippen LogP contribution in [0.15, 0.2) is 16.9 Å². The zero-order valence-corrected chi connectivity index (χ0v) is 11.8. The highest BCUT2D eigenvalue weighted by molar-refractivity contribution is 5.91. The molecule has 5 heteroatoms. The van der Waals surface area contributed by atoms with Gasteiger partial charge in [-0.25, -0.2) is 4.68 Å². The third-order valence-electron chi connectivity index (χ3n) is 2.89. The minimum absolute atomic E-state index is 0.156. The molecule has 0 aromatic carbocycles. The van der Waals surface area contributed by atoms with Crippen molar-refractivity contribution in [2.75, 3.05) is 6.54 Å². The van der Waals surface area contributed by atoms with Gasteiger partial charge in [0.1, 0.15) is 5.69 Å². The van der Waals surface area contributed by atoms with E-state index in [9.17, 15) is 9.59 Å². The Hall–Kier alpha value is -1.65. The van der Waals surface area contributed by atoms with Gasteiger partial charge in [0.2, 0.25) is 0 Å². The molecule has 0 unspecified atom stereocenters. The molecule has 19 heavy (non-hydrogen) atoms. The van der Waals surface area contributed by atoms with Crippen LogP contribution in [0.25, 0.3) is 0 Å². The molecule has 1 heterocycles. The molecule has 0 spiro atoms. The van der Waals surface area contributed by atoms with Crippen molar-refractivity contribution in [2.45, 2.75) is 52.5 Å². The second-order valence-electron chi connectivity index (χ2n) is 4.60. The summed E-state index contributed by atoms with van der Waals surface area (Å²) in [5.41, 5.74) is 0.156. The quantitative estimate of drug-likeness (QED) is 0.731. The standard InChI is InChI=1S/C14H23N3O2/c1-3-5-7-10-15-14(19)12-8-9-13(18)17(16-12)11-6-4-2/h8-9H,3-7,10-11H2,1-2H3,(H,15,19). The molecule has 0 aliphatic carbocycles. The Morgan fingerprint density at radius 3 is 2.63 bits per heavy atom. The summed E-state index contributed by atoms with van der Waals surface area (Å²) in [5.74, 6) is -0.207. The molecular weight excluding hydrogens is 242 g/mol. The van der Waals surface area contributed by atoms with Crippen LogP contribution >= 0.6 is 0 Å². The van der Waals surface area contributed by atoms with E-state index >= 15 is 0 Å². The van der Waals surface area contributed by atoms with Gasteiger partial charge in [0.25, 0.3) is 11.5 Å². The molecule has 5 nitrogen and oxygen atoms in total. The first-order valence-electron chi connectivity index (χ1n) is 7.05. The lowest BCUT2D eigenvalue weighted by atomic mass is 10.2. The molecule has 0 radical (unpaired) electrons. The third kappa shape index (κ3) is 5.24. The van der Waals surface area contributed by atoms with Gasteiger partial charge in [-0.15, -0.1) is 0 Å². The van der Waals surface area contributed by atoms with Gasteiger partial charge < -0.3 is 5.32 Å². The van der Waals surface area contributed by atoms with Crippen LogP contribution in [-0.4, -0.2) is 22.2 Å². The van der Waals surface area contributed by atoms with E-state index in [2.05, 4.69) is 24.3 Å². The molecule has 0 atom stereocenters. The molecule has 0 fully saturated rings. The summed E-state index contributed by atoms with van der Waals surface area (Å²) in [5, 5.41) is 6.92. The van der Waals surface area contributed by atoms with Crippen LogP contribution in [0.1, 0.15) is 56.4 Å². The van der Waals surface area contributed by atoms with E-state index in [-0.39, 0.29) is 11.5 Å². The van der Waals surface area contributed by atoms with Gasteiger partial charge >= 0.3 is 0 Å². The molecule has 1 aromatic rings. The maximum atomic E-state index is 11.9. The molecule has 0 bridgehead atoms. The van der Waals surface area contributed by atoms with E-state index in [4.69, 9.17) is 0 Å². The topological polar surface area (TPSA) is 64.0 Å². The van der Waals surface area contributed by atoms with Crippen molar-refractivity contribution in [1.82, 2.24) is 15.1 Å². The SMILES string of the molecule is CCCCCNC(=O)c1ccc(=O)n(CCCC)n1. The number of hydrogen-bond donors (Lipinski definition) is 1. The number of unbranched alkanes of at least 4 members (excludes halogenated alkanes) is 3. The Morgan fingerprint density at radius 1 is 1.21 bits per heavy atom. The second kappa shape index (κ2) is 8.45. The van der Waals surface area contributed by atoms with E-state index in [0.29, 0.717) is 18.8 Å². The number of aromatic nitrogens is 2. The Kier molecular flexibility index (Phi) is 6.85. The lowest BCUT2D eigenvalue weighted by Gasteiger charge is -2.07. The predicted octanol–water partition coefficient (Wildman–Crippen LogP) is 1.96. The Bertz CT molecular complexity index is 454. The van der Waals surface area contributed by atoms with Crippen molar-refractivity contribution in [2.24, 2.45) is 0 Å². The van der Waals surface area contributed by atoms with Crippen LogP contribution in [0.4, 0.5) is 0 Å². The zero-order chi connectivity index (χ0) is 14.1. The monoisotopic (exact) mass is 265 g/mol. The number of nitrogens with one attached hydrogen (secondary N) is 1. The smallest absolute Gasteiger partial charge is 0.271 e. The zero-order valence-electron chi connectivity index (χ0n) is 11.8. The minimum atomic E-state index is -0.207. The van der Waals surface area contributed by atoms with Gasteiger partial charge in [-0.1, -0.05) is 33.1 Å². The van der Waals surface area contributed by atoms with Gasteiger partial charge in [0.05, 0.1) is 0 Å². The fraction of sp³-hybridized carbons (Fsp3) is 0.643. The Labute approximate surface area is 114 Å². The lowest BCUT2D eigenvalue weighted by molar-refractivity contribution is 0.0945. The summed E-state index contributed by atoms with van der Waals surface area (Å²) in [6.07, 6.45) is 5.06. The average Bonchev–Trinajstić information content (AvgIpc) is 2.42. The highest BCUT2D eigenvalue weighted by atomic mass is 16.2. The number of carbonyl (C=O) groups excluding carboxylic acids is 1. The van der Waals surface area contributed by atoms with Crippen LogP contribution in [0.5, 0.6) is 0 Å². The van der Waals surface area contributed by atoms with E-state index in [1.165, 1.54) is 16.8 Å². The highest BCUT2D eigenvalue weighted by Crippen LogP contribution is 1.95. The van der Waals surface area contributed by atoms with Gasteiger partial charge in [-0.3, -0.25) is 9.59 Å². The van der Waals surface area contributed by atoms with Crippen molar-refractivity contribution in [1.29, 1.82) is 0 Å². The van der Waals surface area contributed by atoms with Crippen molar-refractivity contribution in [3.05, 3.63) is 28.2 Å². The van der Waals surface area contributed by atoms with E-state index in [1.54, 1.807) is 0 Å². The molecule has 0 aliphatic heterocycles. The summed E-state index contributed by atoms with van der Waals surface area (Å²) in [6.45, 7) is 5.39. The molecule has 1 rings (SSSR count). The van der Waals surface area contributed by atoms with Gasteiger partial charge in [-0.05, 0) is 18.9 Å². The molecule has 106 valence electrons. The maximum absolute atomic E-state index is 11.9. The van der Waals surface area contributed by atoms with Crippen LogP contribution in [0, 0.1) is 0 Å². The summed E-state index contributed by atoms with van der Waals surface area (Å²) < 4.78 is 1.37. The van der Waals surface area contributed by atoms with Crippen molar-refractivity contribution in [3.63, 3.8) is 0 Å². The molecule has 1 N–H and O–H groups in total. The summed E-state index contributed by atoms with van der Waals surface area (Å²) >= 11 is 0. The number of rotatable bonds is 8. The van der Waals surface area contributed by atoms with Gasteiger partial charge in [-0.2, -0.15) is 5.10 Å². The first-order chi connectivity index (χ1) is 9.19. The number of amides is 1.